The van der Waals surface area contributed by atoms with Crippen LogP contribution in [-0.2, 0) is 11.3 Å². The number of halogens is 1. The topological polar surface area (TPSA) is 41.6 Å². The summed E-state index contributed by atoms with van der Waals surface area (Å²) in [5.41, 5.74) is 1.12. The molecule has 0 fully saturated rings. The Labute approximate surface area is 136 Å². The van der Waals surface area contributed by atoms with E-state index in [1.54, 1.807) is 21.0 Å². The van der Waals surface area contributed by atoms with Crippen LogP contribution in [0, 0.1) is 5.92 Å². The van der Waals surface area contributed by atoms with Crippen molar-refractivity contribution in [1.29, 1.82) is 0 Å². The minimum atomic E-state index is -0.488. The first-order valence-electron chi connectivity index (χ1n) is 7.18. The lowest BCUT2D eigenvalue weighted by Crippen LogP contribution is -2.35. The van der Waals surface area contributed by atoms with Gasteiger partial charge in [-0.05, 0) is 43.1 Å². The summed E-state index contributed by atoms with van der Waals surface area (Å²) in [7, 11) is 3.45. The highest BCUT2D eigenvalue weighted by molar-refractivity contribution is 9.10. The van der Waals surface area contributed by atoms with Gasteiger partial charge in [0.05, 0.1) is 0 Å². The average molecular weight is 357 g/mol. The van der Waals surface area contributed by atoms with Crippen LogP contribution in [0.4, 0.5) is 0 Å². The Morgan fingerprint density at radius 1 is 1.33 bits per heavy atom. The molecule has 0 bridgehead atoms. The Morgan fingerprint density at radius 3 is 2.57 bits per heavy atom. The maximum Gasteiger partial charge on any atom is 0.262 e. The van der Waals surface area contributed by atoms with Crippen molar-refractivity contribution in [2.45, 2.75) is 33.4 Å². The molecule has 0 spiro atoms. The molecule has 0 saturated carbocycles. The largest absolute Gasteiger partial charge is 0.481 e. The number of carbonyl (C=O) groups excluding carboxylic acids is 1. The van der Waals surface area contributed by atoms with E-state index in [-0.39, 0.29) is 5.91 Å². The van der Waals surface area contributed by atoms with E-state index in [2.05, 4.69) is 35.1 Å². The summed E-state index contributed by atoms with van der Waals surface area (Å²) in [6, 6.07) is 5.79. The highest BCUT2D eigenvalue weighted by atomic mass is 79.9. The van der Waals surface area contributed by atoms with Gasteiger partial charge in [-0.1, -0.05) is 29.8 Å². The molecule has 4 nitrogen and oxygen atoms in total. The van der Waals surface area contributed by atoms with E-state index < -0.39 is 6.10 Å². The Bertz CT molecular complexity index is 475. The Balaban J connectivity index is 2.70. The van der Waals surface area contributed by atoms with Crippen LogP contribution in [0.1, 0.15) is 26.3 Å². The van der Waals surface area contributed by atoms with Crippen LogP contribution in [0.5, 0.6) is 5.75 Å². The van der Waals surface area contributed by atoms with Crippen LogP contribution in [-0.4, -0.2) is 37.6 Å². The van der Waals surface area contributed by atoms with Gasteiger partial charge in [0.1, 0.15) is 5.75 Å². The lowest BCUT2D eigenvalue weighted by molar-refractivity contribution is -0.135. The average Bonchev–Trinajstić information content (AvgIpc) is 2.40. The van der Waals surface area contributed by atoms with Gasteiger partial charge in [0, 0.05) is 25.1 Å². The van der Waals surface area contributed by atoms with Crippen LogP contribution >= 0.6 is 15.9 Å². The number of rotatable bonds is 7. The first-order chi connectivity index (χ1) is 9.81. The van der Waals surface area contributed by atoms with Gasteiger partial charge in [-0.2, -0.15) is 0 Å². The monoisotopic (exact) mass is 356 g/mol. The Morgan fingerprint density at radius 2 is 2.00 bits per heavy atom. The van der Waals surface area contributed by atoms with Crippen LogP contribution in [0.3, 0.4) is 0 Å². The quantitative estimate of drug-likeness (QED) is 0.816. The smallest absolute Gasteiger partial charge is 0.262 e. The molecule has 0 aliphatic heterocycles. The molecular formula is C16H25BrN2O2. The van der Waals surface area contributed by atoms with Crippen LogP contribution < -0.4 is 10.1 Å². The summed E-state index contributed by atoms with van der Waals surface area (Å²) >= 11 is 3.55. The van der Waals surface area contributed by atoms with Gasteiger partial charge in [0.2, 0.25) is 0 Å². The molecule has 118 valence electrons. The number of nitrogens with one attached hydrogen (secondary N) is 1. The SMILES string of the molecule is CC(C)CNCc1cc(OC(C)C(=O)N(C)C)ccc1Br. The van der Waals surface area contributed by atoms with E-state index in [9.17, 15) is 4.79 Å². The number of likely N-dealkylation sites (N-methyl/N-ethyl adjacent to an activating group) is 1. The van der Waals surface area contributed by atoms with Crippen molar-refractivity contribution in [3.8, 4) is 5.75 Å². The second kappa shape index (κ2) is 8.39. The van der Waals surface area contributed by atoms with E-state index in [4.69, 9.17) is 4.74 Å². The molecule has 1 aromatic carbocycles. The summed E-state index contributed by atoms with van der Waals surface area (Å²) in [5, 5.41) is 3.40. The third kappa shape index (κ3) is 6.06. The highest BCUT2D eigenvalue weighted by Crippen LogP contribution is 2.23. The van der Waals surface area contributed by atoms with Gasteiger partial charge < -0.3 is 15.0 Å². The molecule has 1 unspecified atom stereocenters. The summed E-state index contributed by atoms with van der Waals surface area (Å²) in [5.74, 6) is 1.28. The summed E-state index contributed by atoms with van der Waals surface area (Å²) in [6.45, 7) is 7.85. The predicted octanol–water partition coefficient (Wildman–Crippen LogP) is 3.05. The van der Waals surface area contributed by atoms with Gasteiger partial charge in [0.25, 0.3) is 5.91 Å². The number of benzene rings is 1. The number of hydrogen-bond acceptors (Lipinski definition) is 3. The molecule has 1 rings (SSSR count). The van der Waals surface area contributed by atoms with Gasteiger partial charge in [0.15, 0.2) is 6.10 Å². The normalized spacial score (nSPS) is 12.3. The Hall–Kier alpha value is -1.07. The van der Waals surface area contributed by atoms with Crippen molar-refractivity contribution in [2.75, 3.05) is 20.6 Å². The second-order valence-corrected chi connectivity index (χ2v) is 6.63. The molecule has 0 aliphatic carbocycles. The first-order valence-corrected chi connectivity index (χ1v) is 7.97. The van der Waals surface area contributed by atoms with Crippen LogP contribution in [0.25, 0.3) is 0 Å². The maximum absolute atomic E-state index is 11.8. The second-order valence-electron chi connectivity index (χ2n) is 5.77. The standard InChI is InChI=1S/C16H25BrN2O2/c1-11(2)9-18-10-13-8-14(6-7-15(13)17)21-12(3)16(20)19(4)5/h6-8,11-12,18H,9-10H2,1-5H3. The molecule has 0 aliphatic rings. The maximum atomic E-state index is 11.8. The minimum absolute atomic E-state index is 0.0441. The van der Waals surface area contributed by atoms with E-state index in [1.165, 1.54) is 4.90 Å². The molecule has 1 amide bonds. The van der Waals surface area contributed by atoms with Crippen LogP contribution in [0.15, 0.2) is 22.7 Å². The third-order valence-electron chi connectivity index (χ3n) is 2.99. The van der Waals surface area contributed by atoms with Crippen molar-refractivity contribution in [2.24, 2.45) is 5.92 Å². The molecule has 0 saturated heterocycles. The number of hydrogen-bond donors (Lipinski definition) is 1. The van der Waals surface area contributed by atoms with Crippen molar-refractivity contribution < 1.29 is 9.53 Å². The van der Waals surface area contributed by atoms with Crippen molar-refractivity contribution >= 4 is 21.8 Å². The summed E-state index contributed by atoms with van der Waals surface area (Å²) < 4.78 is 6.76. The molecule has 0 aromatic heterocycles. The van der Waals surface area contributed by atoms with E-state index >= 15 is 0 Å². The lowest BCUT2D eigenvalue weighted by Gasteiger charge is -2.19. The molecule has 1 N–H and O–H groups in total. The molecule has 0 heterocycles. The fraction of sp³-hybridized carbons (Fsp3) is 0.562. The van der Waals surface area contributed by atoms with Gasteiger partial charge in [-0.15, -0.1) is 0 Å². The van der Waals surface area contributed by atoms with Gasteiger partial charge >= 0.3 is 0 Å². The van der Waals surface area contributed by atoms with E-state index in [0.717, 1.165) is 23.1 Å². The fourth-order valence-corrected chi connectivity index (χ4v) is 2.26. The van der Waals surface area contributed by atoms with E-state index in [0.29, 0.717) is 11.7 Å². The fourth-order valence-electron chi connectivity index (χ4n) is 1.87. The van der Waals surface area contributed by atoms with E-state index in [1.807, 2.05) is 18.2 Å². The minimum Gasteiger partial charge on any atom is -0.481 e. The van der Waals surface area contributed by atoms with Crippen LogP contribution in [0.2, 0.25) is 0 Å². The number of amides is 1. The number of ether oxygens (including phenoxy) is 1. The molecule has 0 radical (unpaired) electrons. The van der Waals surface area contributed by atoms with Crippen molar-refractivity contribution in [1.82, 2.24) is 10.2 Å². The zero-order valence-corrected chi connectivity index (χ0v) is 15.0. The predicted molar refractivity (Wildman–Crippen MR) is 89.5 cm³/mol. The molecule has 21 heavy (non-hydrogen) atoms. The molecule has 5 heteroatoms. The lowest BCUT2D eigenvalue weighted by atomic mass is 10.2. The highest BCUT2D eigenvalue weighted by Gasteiger charge is 2.16. The summed E-state index contributed by atoms with van der Waals surface area (Å²) in [6.07, 6.45) is -0.488. The molecule has 1 atom stereocenters. The van der Waals surface area contributed by atoms with Gasteiger partial charge in [-0.3, -0.25) is 4.79 Å². The van der Waals surface area contributed by atoms with Gasteiger partial charge in [-0.25, -0.2) is 0 Å². The van der Waals surface area contributed by atoms with Crippen molar-refractivity contribution in [3.63, 3.8) is 0 Å². The molecule has 1 aromatic rings. The third-order valence-corrected chi connectivity index (χ3v) is 3.76. The number of carbonyl (C=O) groups is 1. The van der Waals surface area contributed by atoms with Crippen molar-refractivity contribution in [3.05, 3.63) is 28.2 Å². The summed E-state index contributed by atoms with van der Waals surface area (Å²) in [4.78, 5) is 13.4. The zero-order valence-electron chi connectivity index (χ0n) is 13.4. The molecular weight excluding hydrogens is 332 g/mol. The first kappa shape index (κ1) is 18.0. The zero-order chi connectivity index (χ0) is 16.0. The Kier molecular flexibility index (Phi) is 7.18. The number of nitrogens with zero attached hydrogens (tertiary/aromatic N) is 1.